The molecule has 0 amide bonds. The van der Waals surface area contributed by atoms with Gasteiger partial charge in [-0.05, 0) is 37.0 Å². The van der Waals surface area contributed by atoms with Crippen molar-refractivity contribution in [3.05, 3.63) is 29.8 Å². The molecule has 1 heterocycles. The number of hydrogen-bond donors (Lipinski definition) is 0. The summed E-state index contributed by atoms with van der Waals surface area (Å²) in [5.74, 6) is 1.62. The molecular weight excluding hydrogens is 275 g/mol. The van der Waals surface area contributed by atoms with Crippen molar-refractivity contribution >= 4 is 22.6 Å². The molecule has 2 aromatic rings. The zero-order chi connectivity index (χ0) is 14.1. The van der Waals surface area contributed by atoms with Gasteiger partial charge in [0, 0.05) is 6.04 Å². The van der Waals surface area contributed by atoms with Crippen LogP contribution in [-0.2, 0) is 5.88 Å². The van der Waals surface area contributed by atoms with Crippen molar-refractivity contribution < 1.29 is 4.39 Å². The van der Waals surface area contributed by atoms with Crippen molar-refractivity contribution in [2.24, 2.45) is 5.92 Å². The van der Waals surface area contributed by atoms with E-state index >= 15 is 0 Å². The van der Waals surface area contributed by atoms with Crippen LogP contribution in [0.4, 0.5) is 4.39 Å². The number of halogens is 2. The highest BCUT2D eigenvalue weighted by Gasteiger charge is 2.25. The van der Waals surface area contributed by atoms with E-state index in [0.717, 1.165) is 23.3 Å². The van der Waals surface area contributed by atoms with Crippen LogP contribution in [0.5, 0.6) is 0 Å². The molecule has 20 heavy (non-hydrogen) atoms. The first-order valence-corrected chi connectivity index (χ1v) is 7.96. The van der Waals surface area contributed by atoms with Gasteiger partial charge < -0.3 is 4.57 Å². The van der Waals surface area contributed by atoms with Gasteiger partial charge in [0.05, 0.1) is 16.9 Å². The molecule has 2 nitrogen and oxygen atoms in total. The first kappa shape index (κ1) is 13.9. The van der Waals surface area contributed by atoms with Crippen molar-refractivity contribution in [2.45, 2.75) is 50.9 Å². The van der Waals surface area contributed by atoms with Crippen LogP contribution in [0.2, 0.25) is 0 Å². The molecule has 0 aliphatic heterocycles. The lowest BCUT2D eigenvalue weighted by molar-refractivity contribution is 0.335. The molecule has 1 aromatic carbocycles. The summed E-state index contributed by atoms with van der Waals surface area (Å²) in [6, 6.07) is 5.20. The zero-order valence-corrected chi connectivity index (χ0v) is 12.5. The third-order valence-electron chi connectivity index (χ3n) is 4.49. The maximum atomic E-state index is 13.6. The van der Waals surface area contributed by atoms with Gasteiger partial charge in [0.1, 0.15) is 11.6 Å². The molecule has 1 aromatic heterocycles. The highest BCUT2D eigenvalue weighted by atomic mass is 35.5. The fourth-order valence-electron chi connectivity index (χ4n) is 3.44. The van der Waals surface area contributed by atoms with E-state index in [1.807, 2.05) is 0 Å². The van der Waals surface area contributed by atoms with Gasteiger partial charge in [-0.1, -0.05) is 26.2 Å². The third kappa shape index (κ3) is 2.44. The molecule has 1 aliphatic rings. The van der Waals surface area contributed by atoms with Crippen molar-refractivity contribution in [3.8, 4) is 0 Å². The number of rotatable bonds is 2. The van der Waals surface area contributed by atoms with E-state index in [1.54, 1.807) is 12.1 Å². The number of aromatic nitrogens is 2. The predicted molar refractivity (Wildman–Crippen MR) is 80.5 cm³/mol. The first-order valence-electron chi connectivity index (χ1n) is 7.43. The summed E-state index contributed by atoms with van der Waals surface area (Å²) in [5.41, 5.74) is 1.73. The van der Waals surface area contributed by atoms with E-state index in [9.17, 15) is 4.39 Å². The molecule has 0 radical (unpaired) electrons. The lowest BCUT2D eigenvalue weighted by Crippen LogP contribution is -2.18. The van der Waals surface area contributed by atoms with E-state index in [4.69, 9.17) is 11.6 Å². The van der Waals surface area contributed by atoms with Crippen molar-refractivity contribution in [1.29, 1.82) is 0 Å². The second-order valence-corrected chi connectivity index (χ2v) is 6.11. The third-order valence-corrected chi connectivity index (χ3v) is 4.73. The number of hydrogen-bond acceptors (Lipinski definition) is 1. The van der Waals surface area contributed by atoms with E-state index < -0.39 is 0 Å². The van der Waals surface area contributed by atoms with E-state index in [1.165, 1.54) is 31.7 Å². The quantitative estimate of drug-likeness (QED) is 0.559. The normalized spacial score (nSPS) is 23.9. The highest BCUT2D eigenvalue weighted by Crippen LogP contribution is 2.36. The maximum absolute atomic E-state index is 13.6. The molecule has 1 aliphatic carbocycles. The van der Waals surface area contributed by atoms with E-state index in [-0.39, 0.29) is 5.82 Å². The Balaban J connectivity index is 2.14. The minimum atomic E-state index is -0.207. The SMILES string of the molecule is CC1CCCCCC1n1c(CCl)nc2ccc(F)cc21. The summed E-state index contributed by atoms with van der Waals surface area (Å²) < 4.78 is 15.8. The van der Waals surface area contributed by atoms with Crippen LogP contribution in [0, 0.1) is 11.7 Å². The highest BCUT2D eigenvalue weighted by molar-refractivity contribution is 6.16. The van der Waals surface area contributed by atoms with Gasteiger partial charge >= 0.3 is 0 Å². The molecule has 0 N–H and O–H groups in total. The Morgan fingerprint density at radius 3 is 2.90 bits per heavy atom. The monoisotopic (exact) mass is 294 g/mol. The minimum absolute atomic E-state index is 0.207. The van der Waals surface area contributed by atoms with Crippen LogP contribution in [0.25, 0.3) is 11.0 Å². The maximum Gasteiger partial charge on any atom is 0.125 e. The topological polar surface area (TPSA) is 17.8 Å². The lowest BCUT2D eigenvalue weighted by Gasteiger charge is -2.25. The molecule has 1 fully saturated rings. The summed E-state index contributed by atoms with van der Waals surface area (Å²) in [7, 11) is 0. The van der Waals surface area contributed by atoms with Crippen molar-refractivity contribution in [3.63, 3.8) is 0 Å². The Labute approximate surface area is 123 Å². The van der Waals surface area contributed by atoms with Crippen molar-refractivity contribution in [1.82, 2.24) is 9.55 Å². The molecular formula is C16H20ClFN2. The van der Waals surface area contributed by atoms with Gasteiger partial charge in [-0.15, -0.1) is 11.6 Å². The predicted octanol–water partition coefficient (Wildman–Crippen LogP) is 5.06. The summed E-state index contributed by atoms with van der Waals surface area (Å²) in [6.45, 7) is 2.29. The van der Waals surface area contributed by atoms with Gasteiger partial charge in [0.25, 0.3) is 0 Å². The van der Waals surface area contributed by atoms with Crippen LogP contribution in [0.3, 0.4) is 0 Å². The molecule has 0 bridgehead atoms. The van der Waals surface area contributed by atoms with E-state index in [2.05, 4.69) is 16.5 Å². The van der Waals surface area contributed by atoms with Crippen LogP contribution >= 0.6 is 11.6 Å². The molecule has 2 atom stereocenters. The molecule has 1 saturated carbocycles. The fourth-order valence-corrected chi connectivity index (χ4v) is 3.63. The fraction of sp³-hybridized carbons (Fsp3) is 0.562. The Hall–Kier alpha value is -1.09. The second-order valence-electron chi connectivity index (χ2n) is 5.85. The summed E-state index contributed by atoms with van der Waals surface area (Å²) in [6.07, 6.45) is 6.16. The van der Waals surface area contributed by atoms with Gasteiger partial charge in [0.15, 0.2) is 0 Å². The average Bonchev–Trinajstić information content (AvgIpc) is 2.66. The smallest absolute Gasteiger partial charge is 0.125 e. The first-order chi connectivity index (χ1) is 9.70. The van der Waals surface area contributed by atoms with Crippen LogP contribution < -0.4 is 0 Å². The largest absolute Gasteiger partial charge is 0.323 e. The van der Waals surface area contributed by atoms with Gasteiger partial charge in [-0.3, -0.25) is 0 Å². The number of alkyl halides is 1. The molecule has 0 spiro atoms. The standard InChI is InChI=1S/C16H20ClFN2/c1-11-5-3-2-4-6-14(11)20-15-9-12(18)7-8-13(15)19-16(20)10-17/h7-9,11,14H,2-6,10H2,1H3. The van der Waals surface area contributed by atoms with Gasteiger partial charge in [-0.25, -0.2) is 9.37 Å². The lowest BCUT2D eigenvalue weighted by atomic mass is 9.96. The molecule has 3 rings (SSSR count). The summed E-state index contributed by atoms with van der Waals surface area (Å²) in [5, 5.41) is 0. The Bertz CT molecular complexity index is 608. The summed E-state index contributed by atoms with van der Waals surface area (Å²) in [4.78, 5) is 4.58. The summed E-state index contributed by atoms with van der Waals surface area (Å²) >= 11 is 6.07. The number of fused-ring (bicyclic) bond motifs is 1. The number of imidazole rings is 1. The average molecular weight is 295 g/mol. The minimum Gasteiger partial charge on any atom is -0.323 e. The molecule has 4 heteroatoms. The van der Waals surface area contributed by atoms with Gasteiger partial charge in [0.2, 0.25) is 0 Å². The number of nitrogens with zero attached hydrogens (tertiary/aromatic N) is 2. The number of benzene rings is 1. The molecule has 0 saturated heterocycles. The van der Waals surface area contributed by atoms with Crippen LogP contribution in [0.1, 0.15) is 50.9 Å². The Morgan fingerprint density at radius 1 is 1.30 bits per heavy atom. The second kappa shape index (κ2) is 5.72. The Morgan fingerprint density at radius 2 is 2.10 bits per heavy atom. The zero-order valence-electron chi connectivity index (χ0n) is 11.8. The Kier molecular flexibility index (Phi) is 3.97. The van der Waals surface area contributed by atoms with Crippen LogP contribution in [0.15, 0.2) is 18.2 Å². The van der Waals surface area contributed by atoms with Crippen LogP contribution in [-0.4, -0.2) is 9.55 Å². The molecule has 108 valence electrons. The van der Waals surface area contributed by atoms with E-state index in [0.29, 0.717) is 17.8 Å². The van der Waals surface area contributed by atoms with Crippen molar-refractivity contribution in [2.75, 3.05) is 0 Å². The van der Waals surface area contributed by atoms with Gasteiger partial charge in [-0.2, -0.15) is 0 Å². The molecule has 2 unspecified atom stereocenters.